The number of thioether (sulfide) groups is 1. The highest BCUT2D eigenvalue weighted by Gasteiger charge is 2.48. The summed E-state index contributed by atoms with van der Waals surface area (Å²) in [7, 11) is -3.82. The molecular formula is C16H24N2O4S2. The first-order valence-electron chi connectivity index (χ1n) is 7.92. The third kappa shape index (κ3) is 3.77. The number of hydrogen-bond acceptors (Lipinski definition) is 5. The summed E-state index contributed by atoms with van der Waals surface area (Å²) >= 11 is 1.52. The van der Waals surface area contributed by atoms with Gasteiger partial charge in [0.05, 0.1) is 4.90 Å². The van der Waals surface area contributed by atoms with Gasteiger partial charge in [-0.3, -0.25) is 10.0 Å². The summed E-state index contributed by atoms with van der Waals surface area (Å²) in [5.41, 5.74) is 2.69. The Balaban J connectivity index is 2.39. The van der Waals surface area contributed by atoms with E-state index in [1.165, 1.54) is 16.1 Å². The third-order valence-electron chi connectivity index (χ3n) is 4.16. The Labute approximate surface area is 147 Å². The second-order valence-corrected chi connectivity index (χ2v) is 9.98. The highest BCUT2D eigenvalue weighted by Crippen LogP contribution is 2.38. The van der Waals surface area contributed by atoms with E-state index in [-0.39, 0.29) is 11.4 Å². The fourth-order valence-electron chi connectivity index (χ4n) is 2.97. The lowest BCUT2D eigenvalue weighted by Crippen LogP contribution is -2.61. The van der Waals surface area contributed by atoms with Crippen LogP contribution in [0.25, 0.3) is 0 Å². The van der Waals surface area contributed by atoms with E-state index in [9.17, 15) is 13.2 Å². The normalized spacial score (nSPS) is 21.4. The quantitative estimate of drug-likeness (QED) is 0.610. The van der Waals surface area contributed by atoms with Crippen LogP contribution < -0.4 is 5.48 Å². The number of nitrogens with zero attached hydrogens (tertiary/aromatic N) is 1. The number of hydrogen-bond donors (Lipinski definition) is 2. The molecule has 1 unspecified atom stereocenters. The van der Waals surface area contributed by atoms with Crippen LogP contribution in [-0.2, 0) is 21.2 Å². The summed E-state index contributed by atoms with van der Waals surface area (Å²) in [6.07, 6.45) is 1.88. The standard InChI is InChI=1S/C16H24N2O4S2/c1-4-5-12-6-8-13(9-7-12)24(21,22)18-10-11-23-16(2,3)14(18)15(19)17-20/h6-9,14,20H,4-5,10-11H2,1-3H3,(H,17,19). The predicted octanol–water partition coefficient (Wildman–Crippen LogP) is 2.03. The van der Waals surface area contributed by atoms with Crippen molar-refractivity contribution in [3.05, 3.63) is 29.8 Å². The number of benzene rings is 1. The van der Waals surface area contributed by atoms with Crippen molar-refractivity contribution in [1.29, 1.82) is 0 Å². The topological polar surface area (TPSA) is 86.7 Å². The van der Waals surface area contributed by atoms with E-state index in [1.807, 2.05) is 13.8 Å². The fraction of sp³-hybridized carbons (Fsp3) is 0.562. The first-order chi connectivity index (χ1) is 11.2. The number of amides is 1. The number of carbonyl (C=O) groups is 1. The van der Waals surface area contributed by atoms with Gasteiger partial charge in [0.2, 0.25) is 10.0 Å². The van der Waals surface area contributed by atoms with Gasteiger partial charge in [-0.2, -0.15) is 16.1 Å². The summed E-state index contributed by atoms with van der Waals surface area (Å²) in [5.74, 6) is -0.117. The molecule has 2 N–H and O–H groups in total. The van der Waals surface area contributed by atoms with Gasteiger partial charge in [-0.25, -0.2) is 13.9 Å². The molecule has 6 nitrogen and oxygen atoms in total. The van der Waals surface area contributed by atoms with Crippen LogP contribution in [0.3, 0.4) is 0 Å². The Morgan fingerprint density at radius 1 is 1.38 bits per heavy atom. The van der Waals surface area contributed by atoms with Gasteiger partial charge in [-0.1, -0.05) is 25.5 Å². The molecule has 1 aliphatic heterocycles. The Hall–Kier alpha value is -1.09. The molecule has 1 amide bonds. The first-order valence-corrected chi connectivity index (χ1v) is 10.4. The van der Waals surface area contributed by atoms with Crippen molar-refractivity contribution < 1.29 is 18.4 Å². The van der Waals surface area contributed by atoms with Crippen LogP contribution in [0, 0.1) is 0 Å². The molecule has 1 fully saturated rings. The van der Waals surface area contributed by atoms with Gasteiger partial charge in [-0.15, -0.1) is 0 Å². The summed E-state index contributed by atoms with van der Waals surface area (Å²) in [6.45, 7) is 5.91. The number of sulfonamides is 1. The minimum absolute atomic E-state index is 0.167. The summed E-state index contributed by atoms with van der Waals surface area (Å²) in [5, 5.41) is 9.04. The van der Waals surface area contributed by atoms with E-state index in [0.29, 0.717) is 5.75 Å². The highest BCUT2D eigenvalue weighted by atomic mass is 32.2. The van der Waals surface area contributed by atoms with E-state index in [1.54, 1.807) is 29.7 Å². The zero-order valence-electron chi connectivity index (χ0n) is 14.2. The zero-order valence-corrected chi connectivity index (χ0v) is 15.8. The van der Waals surface area contributed by atoms with E-state index < -0.39 is 26.7 Å². The molecule has 1 heterocycles. The molecule has 2 rings (SSSR count). The Bertz CT molecular complexity index is 687. The van der Waals surface area contributed by atoms with Gasteiger partial charge in [0.25, 0.3) is 5.91 Å². The molecule has 8 heteroatoms. The molecule has 0 bridgehead atoms. The van der Waals surface area contributed by atoms with Crippen molar-refractivity contribution in [3.63, 3.8) is 0 Å². The third-order valence-corrected chi connectivity index (χ3v) is 7.39. The first kappa shape index (κ1) is 19.2. The second kappa shape index (κ2) is 7.43. The van der Waals surface area contributed by atoms with Crippen LogP contribution in [0.2, 0.25) is 0 Å². The van der Waals surface area contributed by atoms with Gasteiger partial charge in [0, 0.05) is 17.0 Å². The molecule has 0 aliphatic carbocycles. The molecule has 0 spiro atoms. The van der Waals surface area contributed by atoms with Crippen molar-refractivity contribution in [1.82, 2.24) is 9.79 Å². The molecule has 24 heavy (non-hydrogen) atoms. The van der Waals surface area contributed by atoms with Crippen molar-refractivity contribution >= 4 is 27.7 Å². The molecule has 1 aliphatic rings. The minimum Gasteiger partial charge on any atom is -0.289 e. The van der Waals surface area contributed by atoms with Gasteiger partial charge >= 0.3 is 0 Å². The minimum atomic E-state index is -3.82. The number of aryl methyl sites for hydroxylation is 1. The maximum Gasteiger partial charge on any atom is 0.263 e. The Morgan fingerprint density at radius 2 is 2.00 bits per heavy atom. The largest absolute Gasteiger partial charge is 0.289 e. The molecule has 0 aromatic heterocycles. The second-order valence-electron chi connectivity index (χ2n) is 6.34. The summed E-state index contributed by atoms with van der Waals surface area (Å²) in [6, 6.07) is 5.82. The van der Waals surface area contributed by atoms with Crippen LogP contribution >= 0.6 is 11.8 Å². The van der Waals surface area contributed by atoms with Crippen LogP contribution in [-0.4, -0.2) is 46.9 Å². The molecule has 1 atom stereocenters. The summed E-state index contributed by atoms with van der Waals surface area (Å²) in [4.78, 5) is 12.3. The van der Waals surface area contributed by atoms with Gasteiger partial charge in [-0.05, 0) is 38.0 Å². The van der Waals surface area contributed by atoms with E-state index in [2.05, 4.69) is 6.92 Å². The van der Waals surface area contributed by atoms with Gasteiger partial charge in [0.15, 0.2) is 0 Å². The average Bonchev–Trinajstić information content (AvgIpc) is 2.54. The zero-order chi connectivity index (χ0) is 18.0. The number of hydroxylamine groups is 1. The van der Waals surface area contributed by atoms with Crippen molar-refractivity contribution in [2.45, 2.75) is 49.3 Å². The van der Waals surface area contributed by atoms with E-state index >= 15 is 0 Å². The average molecular weight is 373 g/mol. The van der Waals surface area contributed by atoms with Crippen LogP contribution in [0.4, 0.5) is 0 Å². The number of carbonyl (C=O) groups excluding carboxylic acids is 1. The summed E-state index contributed by atoms with van der Waals surface area (Å²) < 4.78 is 26.6. The Morgan fingerprint density at radius 3 is 2.54 bits per heavy atom. The van der Waals surface area contributed by atoms with Crippen LogP contribution in [0.1, 0.15) is 32.8 Å². The number of rotatable bonds is 5. The lowest BCUT2D eigenvalue weighted by Gasteiger charge is -2.43. The molecular weight excluding hydrogens is 348 g/mol. The van der Waals surface area contributed by atoms with Crippen LogP contribution in [0.5, 0.6) is 0 Å². The lowest BCUT2D eigenvalue weighted by atomic mass is 10.0. The SMILES string of the molecule is CCCc1ccc(S(=O)(=O)N2CCSC(C)(C)C2C(=O)NO)cc1. The monoisotopic (exact) mass is 372 g/mol. The predicted molar refractivity (Wildman–Crippen MR) is 94.6 cm³/mol. The van der Waals surface area contributed by atoms with Crippen LogP contribution in [0.15, 0.2) is 29.2 Å². The van der Waals surface area contributed by atoms with Crippen molar-refractivity contribution in [3.8, 4) is 0 Å². The molecule has 0 radical (unpaired) electrons. The lowest BCUT2D eigenvalue weighted by molar-refractivity contribution is -0.134. The number of nitrogens with one attached hydrogen (secondary N) is 1. The van der Waals surface area contributed by atoms with Gasteiger partial charge in [0.1, 0.15) is 6.04 Å². The van der Waals surface area contributed by atoms with E-state index in [0.717, 1.165) is 18.4 Å². The fourth-order valence-corrected chi connectivity index (χ4v) is 6.08. The molecule has 1 aromatic rings. The maximum absolute atomic E-state index is 13.0. The molecule has 0 saturated carbocycles. The smallest absolute Gasteiger partial charge is 0.263 e. The Kier molecular flexibility index (Phi) is 5.95. The molecule has 1 aromatic carbocycles. The molecule has 1 saturated heterocycles. The van der Waals surface area contributed by atoms with Crippen molar-refractivity contribution in [2.75, 3.05) is 12.3 Å². The maximum atomic E-state index is 13.0. The van der Waals surface area contributed by atoms with Crippen molar-refractivity contribution in [2.24, 2.45) is 0 Å². The van der Waals surface area contributed by atoms with E-state index in [4.69, 9.17) is 5.21 Å². The molecule has 134 valence electrons. The van der Waals surface area contributed by atoms with Gasteiger partial charge < -0.3 is 0 Å². The highest BCUT2D eigenvalue weighted by molar-refractivity contribution is 8.00.